The van der Waals surface area contributed by atoms with Gasteiger partial charge in [0.15, 0.2) is 0 Å². The number of hydrogen-bond donors (Lipinski definition) is 1. The van der Waals surface area contributed by atoms with Gasteiger partial charge in [0.25, 0.3) is 0 Å². The molecule has 0 saturated heterocycles. The Bertz CT molecular complexity index is 560. The lowest BCUT2D eigenvalue weighted by Gasteiger charge is -2.11. The number of ether oxygens (including phenoxy) is 1. The summed E-state index contributed by atoms with van der Waals surface area (Å²) in [5, 5.41) is 0.481. The van der Waals surface area contributed by atoms with E-state index in [1.165, 1.54) is 0 Å². The number of aromatic nitrogens is 2. The zero-order chi connectivity index (χ0) is 13.1. The van der Waals surface area contributed by atoms with Gasteiger partial charge < -0.3 is 15.4 Å². The fourth-order valence-electron chi connectivity index (χ4n) is 1.32. The summed E-state index contributed by atoms with van der Waals surface area (Å²) in [6.07, 6.45) is 1.62. The molecule has 0 aliphatic rings. The summed E-state index contributed by atoms with van der Waals surface area (Å²) in [4.78, 5) is 10.1. The third-order valence-corrected chi connectivity index (χ3v) is 2.50. The van der Waals surface area contributed by atoms with E-state index >= 15 is 0 Å². The maximum Gasteiger partial charge on any atom is 0.228 e. The number of nitrogens with zero attached hydrogens (tertiary/aromatic N) is 3. The van der Waals surface area contributed by atoms with Gasteiger partial charge in [0, 0.05) is 38.1 Å². The Kier molecular flexibility index (Phi) is 3.53. The van der Waals surface area contributed by atoms with E-state index in [0.29, 0.717) is 28.3 Å². The van der Waals surface area contributed by atoms with Crippen molar-refractivity contribution in [2.45, 2.75) is 0 Å². The van der Waals surface area contributed by atoms with Crippen LogP contribution in [0.25, 0.3) is 0 Å². The van der Waals surface area contributed by atoms with Gasteiger partial charge >= 0.3 is 0 Å². The first-order valence-corrected chi connectivity index (χ1v) is 5.67. The van der Waals surface area contributed by atoms with E-state index in [-0.39, 0.29) is 0 Å². The van der Waals surface area contributed by atoms with Crippen molar-refractivity contribution in [1.29, 1.82) is 0 Å². The molecule has 0 bridgehead atoms. The summed E-state index contributed by atoms with van der Waals surface area (Å²) in [7, 11) is 3.71. The minimum atomic E-state index is 0.418. The lowest BCUT2D eigenvalue weighted by molar-refractivity contribution is 0.462. The van der Waals surface area contributed by atoms with Crippen LogP contribution >= 0.6 is 11.6 Å². The molecule has 0 saturated carbocycles. The predicted octanol–water partition coefficient (Wildman–Crippen LogP) is 2.57. The van der Waals surface area contributed by atoms with Crippen LogP contribution in [0.5, 0.6) is 11.6 Å². The summed E-state index contributed by atoms with van der Waals surface area (Å²) in [6.45, 7) is 0. The van der Waals surface area contributed by atoms with E-state index in [1.807, 2.05) is 14.1 Å². The molecule has 0 aliphatic heterocycles. The van der Waals surface area contributed by atoms with Crippen molar-refractivity contribution < 1.29 is 4.74 Å². The number of nitrogens with two attached hydrogens (primary N) is 1. The quantitative estimate of drug-likeness (QED) is 0.863. The minimum Gasteiger partial charge on any atom is -0.437 e. The van der Waals surface area contributed by atoms with Gasteiger partial charge in [-0.2, -0.15) is 4.98 Å². The number of hydrogen-bond acceptors (Lipinski definition) is 5. The number of anilines is 2. The monoisotopic (exact) mass is 264 g/mol. The lowest BCUT2D eigenvalue weighted by Crippen LogP contribution is -2.12. The highest BCUT2D eigenvalue weighted by atomic mass is 35.5. The number of nitrogen functional groups attached to an aromatic ring is 1. The standard InChI is InChI=1S/C12H13ClN4O/c1-17(2)12-15-6-5-11(16-12)18-10-7-8(14)3-4-9(10)13/h3-7H,14H2,1-2H3. The average Bonchev–Trinajstić information content (AvgIpc) is 2.34. The molecule has 1 heterocycles. The Morgan fingerprint density at radius 2 is 2.06 bits per heavy atom. The third kappa shape index (κ3) is 2.81. The number of halogens is 1. The Balaban J connectivity index is 2.28. The van der Waals surface area contributed by atoms with E-state index in [4.69, 9.17) is 22.1 Å². The Morgan fingerprint density at radius 1 is 1.28 bits per heavy atom. The molecule has 0 radical (unpaired) electrons. The molecule has 5 nitrogen and oxygen atoms in total. The molecule has 2 rings (SSSR count). The van der Waals surface area contributed by atoms with Gasteiger partial charge in [0.05, 0.1) is 5.02 Å². The van der Waals surface area contributed by atoms with Gasteiger partial charge in [-0.05, 0) is 12.1 Å². The van der Waals surface area contributed by atoms with Crippen LogP contribution in [0.1, 0.15) is 0 Å². The molecule has 94 valence electrons. The highest BCUT2D eigenvalue weighted by molar-refractivity contribution is 6.32. The molecule has 1 aromatic heterocycles. The van der Waals surface area contributed by atoms with Gasteiger partial charge in [0.2, 0.25) is 11.8 Å². The molecular formula is C12H13ClN4O. The Hall–Kier alpha value is -2.01. The smallest absolute Gasteiger partial charge is 0.228 e. The van der Waals surface area contributed by atoms with Crippen molar-refractivity contribution in [1.82, 2.24) is 9.97 Å². The maximum atomic E-state index is 6.01. The summed E-state index contributed by atoms with van der Waals surface area (Å²) < 4.78 is 5.59. The van der Waals surface area contributed by atoms with Gasteiger partial charge in [-0.25, -0.2) is 4.98 Å². The highest BCUT2D eigenvalue weighted by Gasteiger charge is 2.06. The first-order chi connectivity index (χ1) is 8.56. The fourth-order valence-corrected chi connectivity index (χ4v) is 1.47. The molecule has 0 amide bonds. The molecule has 0 aliphatic carbocycles. The van der Waals surface area contributed by atoms with Crippen LogP contribution in [-0.4, -0.2) is 24.1 Å². The molecule has 1 aromatic carbocycles. The molecule has 18 heavy (non-hydrogen) atoms. The zero-order valence-corrected chi connectivity index (χ0v) is 10.8. The van der Waals surface area contributed by atoms with Crippen molar-refractivity contribution in [3.05, 3.63) is 35.5 Å². The zero-order valence-electron chi connectivity index (χ0n) is 10.1. The molecule has 0 fully saturated rings. The first-order valence-electron chi connectivity index (χ1n) is 5.29. The van der Waals surface area contributed by atoms with Gasteiger partial charge in [0.1, 0.15) is 5.75 Å². The van der Waals surface area contributed by atoms with E-state index in [1.54, 1.807) is 35.4 Å². The van der Waals surface area contributed by atoms with Crippen LogP contribution in [-0.2, 0) is 0 Å². The van der Waals surface area contributed by atoms with E-state index < -0.39 is 0 Å². The van der Waals surface area contributed by atoms with Gasteiger partial charge in [-0.15, -0.1) is 0 Å². The van der Waals surface area contributed by atoms with Gasteiger partial charge in [-0.1, -0.05) is 11.6 Å². The molecule has 0 unspecified atom stereocenters. The lowest BCUT2D eigenvalue weighted by atomic mass is 10.3. The molecule has 0 atom stereocenters. The van der Waals surface area contributed by atoms with Crippen molar-refractivity contribution in [2.75, 3.05) is 24.7 Å². The largest absolute Gasteiger partial charge is 0.437 e. The Labute approximate surface area is 110 Å². The summed E-state index contributed by atoms with van der Waals surface area (Å²) >= 11 is 6.01. The van der Waals surface area contributed by atoms with Crippen LogP contribution in [0.3, 0.4) is 0 Å². The van der Waals surface area contributed by atoms with Crippen LogP contribution < -0.4 is 15.4 Å². The van der Waals surface area contributed by atoms with Crippen molar-refractivity contribution in [3.63, 3.8) is 0 Å². The second-order valence-corrected chi connectivity index (χ2v) is 4.29. The molecule has 2 aromatic rings. The molecular weight excluding hydrogens is 252 g/mol. The molecule has 2 N–H and O–H groups in total. The van der Waals surface area contributed by atoms with Gasteiger partial charge in [-0.3, -0.25) is 0 Å². The molecule has 0 spiro atoms. The van der Waals surface area contributed by atoms with Crippen molar-refractivity contribution in [2.24, 2.45) is 0 Å². The highest BCUT2D eigenvalue weighted by Crippen LogP contribution is 2.30. The maximum absolute atomic E-state index is 6.01. The van der Waals surface area contributed by atoms with E-state index in [0.717, 1.165) is 0 Å². The van der Waals surface area contributed by atoms with Crippen LogP contribution in [0.15, 0.2) is 30.5 Å². The minimum absolute atomic E-state index is 0.418. The third-order valence-electron chi connectivity index (χ3n) is 2.19. The second-order valence-electron chi connectivity index (χ2n) is 3.88. The van der Waals surface area contributed by atoms with E-state index in [9.17, 15) is 0 Å². The van der Waals surface area contributed by atoms with Crippen LogP contribution in [0.2, 0.25) is 5.02 Å². The second kappa shape index (κ2) is 5.10. The summed E-state index contributed by atoms with van der Waals surface area (Å²) in [5.41, 5.74) is 6.26. The first kappa shape index (κ1) is 12.4. The molecule has 6 heteroatoms. The summed E-state index contributed by atoms with van der Waals surface area (Å²) in [6, 6.07) is 6.70. The average molecular weight is 265 g/mol. The van der Waals surface area contributed by atoms with E-state index in [2.05, 4.69) is 9.97 Å². The predicted molar refractivity (Wildman–Crippen MR) is 72.3 cm³/mol. The number of rotatable bonds is 3. The fraction of sp³-hybridized carbons (Fsp3) is 0.167. The van der Waals surface area contributed by atoms with Crippen molar-refractivity contribution in [3.8, 4) is 11.6 Å². The van der Waals surface area contributed by atoms with Crippen LogP contribution in [0, 0.1) is 0 Å². The Morgan fingerprint density at radius 3 is 2.78 bits per heavy atom. The SMILES string of the molecule is CN(C)c1nccc(Oc2cc(N)ccc2Cl)n1. The van der Waals surface area contributed by atoms with Crippen molar-refractivity contribution >= 4 is 23.2 Å². The normalized spacial score (nSPS) is 10.2. The summed E-state index contributed by atoms with van der Waals surface area (Å²) in [5.74, 6) is 1.45. The number of benzene rings is 1. The topological polar surface area (TPSA) is 64.3 Å². The van der Waals surface area contributed by atoms with Crippen LogP contribution in [0.4, 0.5) is 11.6 Å².